The minimum atomic E-state index is -0.116. The van der Waals surface area contributed by atoms with Crippen LogP contribution < -0.4 is 5.32 Å². The molecule has 1 saturated heterocycles. The van der Waals surface area contributed by atoms with Crippen molar-refractivity contribution in [1.82, 2.24) is 20.0 Å². The topological polar surface area (TPSA) is 71.8 Å². The first kappa shape index (κ1) is 20.3. The highest BCUT2D eigenvalue weighted by Gasteiger charge is 2.26. The molecule has 1 aromatic heterocycles. The van der Waals surface area contributed by atoms with Crippen LogP contribution >= 0.6 is 0 Å². The number of hydrogen-bond acceptors (Lipinski definition) is 4. The van der Waals surface area contributed by atoms with E-state index in [0.717, 1.165) is 64.2 Å². The molecule has 0 aliphatic carbocycles. The van der Waals surface area contributed by atoms with Gasteiger partial charge in [0.1, 0.15) is 0 Å². The number of ether oxygens (including phenoxy) is 1. The predicted octanol–water partition coefficient (Wildman–Crippen LogP) is 2.30. The van der Waals surface area contributed by atoms with E-state index in [1.165, 1.54) is 12.7 Å². The van der Waals surface area contributed by atoms with Gasteiger partial charge in [-0.3, -0.25) is 14.5 Å². The molecule has 0 saturated carbocycles. The van der Waals surface area contributed by atoms with E-state index in [4.69, 9.17) is 4.99 Å². The van der Waals surface area contributed by atoms with Gasteiger partial charge < -0.3 is 15.0 Å². The van der Waals surface area contributed by atoms with Crippen LogP contribution in [0.25, 0.3) is 0 Å². The van der Waals surface area contributed by atoms with Crippen molar-refractivity contribution in [2.45, 2.75) is 51.4 Å². The van der Waals surface area contributed by atoms with E-state index in [9.17, 15) is 4.79 Å². The van der Waals surface area contributed by atoms with Gasteiger partial charge in [0.05, 0.1) is 13.3 Å². The van der Waals surface area contributed by atoms with Crippen LogP contribution in [0, 0.1) is 0 Å². The Labute approximate surface area is 156 Å². The van der Waals surface area contributed by atoms with E-state index in [-0.39, 0.29) is 5.97 Å². The van der Waals surface area contributed by atoms with Crippen molar-refractivity contribution in [1.29, 1.82) is 0 Å². The summed E-state index contributed by atoms with van der Waals surface area (Å²) in [5.74, 6) is 1.44. The lowest BCUT2D eigenvalue weighted by molar-refractivity contribution is -0.140. The highest BCUT2D eigenvalue weighted by molar-refractivity contribution is 5.80. The lowest BCUT2D eigenvalue weighted by Crippen LogP contribution is -2.40. The maximum atomic E-state index is 11.1. The van der Waals surface area contributed by atoms with Crippen molar-refractivity contribution < 1.29 is 9.53 Å². The fraction of sp³-hybridized carbons (Fsp3) is 0.737. The van der Waals surface area contributed by atoms with Crippen molar-refractivity contribution in [3.63, 3.8) is 0 Å². The van der Waals surface area contributed by atoms with E-state index in [1.54, 1.807) is 0 Å². The molecular formula is C19H33N5O2. The number of guanidine groups is 1. The summed E-state index contributed by atoms with van der Waals surface area (Å²) < 4.78 is 6.53. The highest BCUT2D eigenvalue weighted by Crippen LogP contribution is 2.26. The second-order valence-corrected chi connectivity index (χ2v) is 6.85. The van der Waals surface area contributed by atoms with Crippen molar-refractivity contribution in [2.24, 2.45) is 12.0 Å². The molecule has 1 unspecified atom stereocenters. The predicted molar refractivity (Wildman–Crippen MR) is 103 cm³/mol. The smallest absolute Gasteiger partial charge is 0.305 e. The van der Waals surface area contributed by atoms with E-state index in [1.807, 2.05) is 17.9 Å². The molecule has 0 aromatic carbocycles. The van der Waals surface area contributed by atoms with Crippen LogP contribution in [0.3, 0.4) is 0 Å². The number of nitrogens with one attached hydrogen (secondary N) is 1. The molecule has 26 heavy (non-hydrogen) atoms. The van der Waals surface area contributed by atoms with E-state index >= 15 is 0 Å². The van der Waals surface area contributed by atoms with Crippen molar-refractivity contribution in [3.05, 3.63) is 18.0 Å². The maximum absolute atomic E-state index is 11.1. The monoisotopic (exact) mass is 363 g/mol. The Bertz CT molecular complexity index is 584. The van der Waals surface area contributed by atoms with Crippen LogP contribution in [-0.2, 0) is 16.6 Å². The van der Waals surface area contributed by atoms with Gasteiger partial charge in [0.15, 0.2) is 5.96 Å². The molecule has 1 aliphatic heterocycles. The molecule has 0 amide bonds. The summed E-state index contributed by atoms with van der Waals surface area (Å²) in [4.78, 5) is 18.2. The zero-order valence-electron chi connectivity index (χ0n) is 16.4. The number of aromatic nitrogens is 2. The van der Waals surface area contributed by atoms with Gasteiger partial charge in [0.25, 0.3) is 0 Å². The second-order valence-electron chi connectivity index (χ2n) is 6.85. The third-order valence-corrected chi connectivity index (χ3v) is 4.80. The van der Waals surface area contributed by atoms with Crippen LogP contribution in [-0.4, -0.2) is 59.9 Å². The van der Waals surface area contributed by atoms with Crippen LogP contribution in [0.1, 0.15) is 56.9 Å². The third kappa shape index (κ3) is 6.35. The lowest BCUT2D eigenvalue weighted by atomic mass is 10.0. The Kier molecular flexibility index (Phi) is 8.44. The largest absolute Gasteiger partial charge is 0.469 e. The number of nitrogens with zero attached hydrogens (tertiary/aromatic N) is 4. The van der Waals surface area contributed by atoms with Gasteiger partial charge in [-0.1, -0.05) is 12.8 Å². The van der Waals surface area contributed by atoms with Crippen LogP contribution in [0.5, 0.6) is 0 Å². The molecule has 0 bridgehead atoms. The van der Waals surface area contributed by atoms with E-state index in [0.29, 0.717) is 12.3 Å². The van der Waals surface area contributed by atoms with Crippen molar-refractivity contribution in [2.75, 3.05) is 33.3 Å². The van der Waals surface area contributed by atoms with Gasteiger partial charge >= 0.3 is 5.97 Å². The molecule has 1 N–H and O–H groups in total. The van der Waals surface area contributed by atoms with E-state index in [2.05, 4.69) is 33.2 Å². The first-order valence-corrected chi connectivity index (χ1v) is 9.72. The molecule has 2 rings (SSSR count). The number of carbonyl (C=O) groups is 1. The highest BCUT2D eigenvalue weighted by atomic mass is 16.5. The first-order valence-electron chi connectivity index (χ1n) is 9.72. The summed E-state index contributed by atoms with van der Waals surface area (Å²) in [6, 6.07) is 0. The van der Waals surface area contributed by atoms with Crippen molar-refractivity contribution >= 4 is 11.9 Å². The Balaban J connectivity index is 1.73. The summed E-state index contributed by atoms with van der Waals surface area (Å²) >= 11 is 0. The SMILES string of the molecule is CCNC(=NCCCCCCC(=O)OC)N1CCC(c2cnn(C)c2)C1. The minimum absolute atomic E-state index is 0.116. The Morgan fingerprint density at radius 2 is 2.19 bits per heavy atom. The molecule has 7 nitrogen and oxygen atoms in total. The number of methoxy groups -OCH3 is 1. The van der Waals surface area contributed by atoms with Gasteiger partial charge in [-0.25, -0.2) is 0 Å². The molecule has 0 radical (unpaired) electrons. The molecule has 7 heteroatoms. The zero-order chi connectivity index (χ0) is 18.8. The van der Waals surface area contributed by atoms with Crippen LogP contribution in [0.4, 0.5) is 0 Å². The second kappa shape index (κ2) is 10.8. The Hall–Kier alpha value is -2.05. The number of aryl methyl sites for hydroxylation is 1. The van der Waals surface area contributed by atoms with Gasteiger partial charge in [0.2, 0.25) is 0 Å². The Morgan fingerprint density at radius 1 is 1.38 bits per heavy atom. The number of unbranched alkanes of at least 4 members (excludes halogenated alkanes) is 3. The summed E-state index contributed by atoms with van der Waals surface area (Å²) in [5.41, 5.74) is 1.32. The summed E-state index contributed by atoms with van der Waals surface area (Å²) in [6.45, 7) is 5.85. The number of esters is 1. The summed E-state index contributed by atoms with van der Waals surface area (Å²) in [5, 5.41) is 7.71. The van der Waals surface area contributed by atoms with Gasteiger partial charge in [-0.15, -0.1) is 0 Å². The molecule has 1 aliphatic rings. The average Bonchev–Trinajstić information content (AvgIpc) is 3.28. The van der Waals surface area contributed by atoms with Gasteiger partial charge in [0, 0.05) is 51.8 Å². The number of rotatable bonds is 9. The third-order valence-electron chi connectivity index (χ3n) is 4.80. The first-order chi connectivity index (χ1) is 12.6. The summed E-state index contributed by atoms with van der Waals surface area (Å²) in [7, 11) is 3.41. The number of aliphatic imine (C=N–C) groups is 1. The number of carbonyl (C=O) groups excluding carboxylic acids is 1. The zero-order valence-corrected chi connectivity index (χ0v) is 16.4. The van der Waals surface area contributed by atoms with E-state index < -0.39 is 0 Å². The fourth-order valence-corrected chi connectivity index (χ4v) is 3.32. The molecular weight excluding hydrogens is 330 g/mol. The maximum Gasteiger partial charge on any atom is 0.305 e. The van der Waals surface area contributed by atoms with Crippen LogP contribution in [0.15, 0.2) is 17.4 Å². The Morgan fingerprint density at radius 3 is 2.88 bits per heavy atom. The van der Waals surface area contributed by atoms with Crippen LogP contribution in [0.2, 0.25) is 0 Å². The average molecular weight is 364 g/mol. The molecule has 1 atom stereocenters. The minimum Gasteiger partial charge on any atom is -0.469 e. The number of hydrogen-bond donors (Lipinski definition) is 1. The van der Waals surface area contributed by atoms with Crippen molar-refractivity contribution in [3.8, 4) is 0 Å². The van der Waals surface area contributed by atoms with Gasteiger partial charge in [-0.2, -0.15) is 5.10 Å². The molecule has 1 aromatic rings. The molecule has 0 spiro atoms. The molecule has 1 fully saturated rings. The standard InChI is InChI=1S/C19H33N5O2/c1-4-20-19(21-11-8-6-5-7-9-18(25)26-3)24-12-10-16(15-24)17-13-22-23(2)14-17/h13-14,16H,4-12,15H2,1-3H3,(H,20,21). The normalized spacial score (nSPS) is 17.6. The lowest BCUT2D eigenvalue weighted by Gasteiger charge is -2.21. The fourth-order valence-electron chi connectivity index (χ4n) is 3.32. The molecule has 146 valence electrons. The number of likely N-dealkylation sites (tertiary alicyclic amines) is 1. The van der Waals surface area contributed by atoms with Gasteiger partial charge in [-0.05, 0) is 31.7 Å². The molecule has 2 heterocycles. The quantitative estimate of drug-likeness (QED) is 0.315. The summed E-state index contributed by atoms with van der Waals surface area (Å²) in [6.07, 6.45) is 9.85.